The minimum atomic E-state index is -0.473. The molecule has 1 fully saturated rings. The number of hydrogen-bond acceptors (Lipinski definition) is 5. The first-order valence-electron chi connectivity index (χ1n) is 9.21. The fraction of sp³-hybridized carbons (Fsp3) is 0.895. The molecule has 1 saturated carbocycles. The van der Waals surface area contributed by atoms with Crippen LogP contribution in [-0.2, 0) is 19.0 Å². The minimum absolute atomic E-state index is 0.0113. The zero-order valence-corrected chi connectivity index (χ0v) is 16.6. The molecule has 0 saturated heterocycles. The fourth-order valence-corrected chi connectivity index (χ4v) is 2.82. The van der Waals surface area contributed by atoms with Gasteiger partial charge in [0.25, 0.3) is 0 Å². The van der Waals surface area contributed by atoms with Crippen LogP contribution in [0.15, 0.2) is 0 Å². The molecular formula is C19H35NO5. The van der Waals surface area contributed by atoms with E-state index in [1.165, 1.54) is 0 Å². The molecule has 1 N–H and O–H groups in total. The molecule has 0 unspecified atom stereocenters. The normalized spacial score (nSPS) is 21.5. The van der Waals surface area contributed by atoms with Crippen molar-refractivity contribution in [2.75, 3.05) is 19.8 Å². The lowest BCUT2D eigenvalue weighted by Crippen LogP contribution is -2.36. The molecule has 0 aliphatic heterocycles. The standard InChI is InChI=1S/C19H35NO5/c1-18(2,3)24-16(21)13-23-12-15-9-7-14(8-10-15)11-20-17(22)25-19(4,5)6/h14-15H,7-13H2,1-6H3,(H,20,22). The summed E-state index contributed by atoms with van der Waals surface area (Å²) in [6.07, 6.45) is 3.85. The van der Waals surface area contributed by atoms with Crippen LogP contribution >= 0.6 is 0 Å². The van der Waals surface area contributed by atoms with E-state index in [1.54, 1.807) is 0 Å². The molecule has 1 aliphatic carbocycles. The highest BCUT2D eigenvalue weighted by Crippen LogP contribution is 2.28. The number of rotatable bonds is 6. The molecule has 1 aliphatic rings. The van der Waals surface area contributed by atoms with Crippen LogP contribution in [0.25, 0.3) is 0 Å². The van der Waals surface area contributed by atoms with Crippen molar-refractivity contribution < 1.29 is 23.8 Å². The Morgan fingerprint density at radius 2 is 1.40 bits per heavy atom. The molecule has 25 heavy (non-hydrogen) atoms. The summed E-state index contributed by atoms with van der Waals surface area (Å²) in [6.45, 7) is 12.4. The number of esters is 1. The average molecular weight is 357 g/mol. The van der Waals surface area contributed by atoms with Gasteiger partial charge in [0.05, 0.1) is 6.61 Å². The summed E-state index contributed by atoms with van der Waals surface area (Å²) in [7, 11) is 0. The largest absolute Gasteiger partial charge is 0.458 e. The van der Waals surface area contributed by atoms with E-state index in [1.807, 2.05) is 41.5 Å². The molecule has 0 bridgehead atoms. The van der Waals surface area contributed by atoms with Crippen LogP contribution in [0.5, 0.6) is 0 Å². The lowest BCUT2D eigenvalue weighted by atomic mass is 9.82. The predicted octanol–water partition coefficient (Wildman–Crippen LogP) is 3.68. The number of alkyl carbamates (subject to hydrolysis) is 1. The van der Waals surface area contributed by atoms with Crippen molar-refractivity contribution in [3.8, 4) is 0 Å². The zero-order valence-electron chi connectivity index (χ0n) is 16.6. The zero-order chi connectivity index (χ0) is 19.1. The van der Waals surface area contributed by atoms with Crippen molar-refractivity contribution >= 4 is 12.1 Å². The Hall–Kier alpha value is -1.30. The third-order valence-electron chi connectivity index (χ3n) is 3.89. The molecule has 1 rings (SSSR count). The van der Waals surface area contributed by atoms with E-state index in [0.29, 0.717) is 25.0 Å². The third kappa shape index (κ3) is 11.0. The molecule has 0 aromatic heterocycles. The SMILES string of the molecule is CC(C)(C)OC(=O)COCC1CCC(CNC(=O)OC(C)(C)C)CC1. The van der Waals surface area contributed by atoms with E-state index in [-0.39, 0.29) is 18.7 Å². The predicted molar refractivity (Wildman–Crippen MR) is 96.3 cm³/mol. The quantitative estimate of drug-likeness (QED) is 0.734. The second-order valence-corrected chi connectivity index (χ2v) is 8.87. The lowest BCUT2D eigenvalue weighted by Gasteiger charge is -2.29. The van der Waals surface area contributed by atoms with Crippen molar-refractivity contribution in [3.63, 3.8) is 0 Å². The van der Waals surface area contributed by atoms with Gasteiger partial charge in [-0.05, 0) is 79.1 Å². The van der Waals surface area contributed by atoms with Gasteiger partial charge in [0.15, 0.2) is 0 Å². The summed E-state index contributed by atoms with van der Waals surface area (Å²) >= 11 is 0. The lowest BCUT2D eigenvalue weighted by molar-refractivity contribution is -0.160. The Kier molecular flexibility index (Phi) is 8.19. The van der Waals surface area contributed by atoms with Crippen molar-refractivity contribution in [2.45, 2.75) is 78.4 Å². The van der Waals surface area contributed by atoms with Gasteiger partial charge >= 0.3 is 12.1 Å². The first-order valence-corrected chi connectivity index (χ1v) is 9.21. The summed E-state index contributed by atoms with van der Waals surface area (Å²) in [4.78, 5) is 23.3. The maximum atomic E-state index is 11.7. The first-order chi connectivity index (χ1) is 11.4. The van der Waals surface area contributed by atoms with Gasteiger partial charge < -0.3 is 19.5 Å². The van der Waals surface area contributed by atoms with E-state index < -0.39 is 11.2 Å². The van der Waals surface area contributed by atoms with E-state index in [0.717, 1.165) is 25.7 Å². The van der Waals surface area contributed by atoms with Crippen LogP contribution in [0, 0.1) is 11.8 Å². The molecule has 0 aromatic rings. The molecule has 0 atom stereocenters. The molecule has 0 heterocycles. The highest BCUT2D eigenvalue weighted by atomic mass is 16.6. The smallest absolute Gasteiger partial charge is 0.407 e. The topological polar surface area (TPSA) is 73.9 Å². The summed E-state index contributed by atoms with van der Waals surface area (Å²) in [5.41, 5.74) is -0.938. The minimum Gasteiger partial charge on any atom is -0.458 e. The molecular weight excluding hydrogens is 322 g/mol. The van der Waals surface area contributed by atoms with E-state index >= 15 is 0 Å². The van der Waals surface area contributed by atoms with Crippen molar-refractivity contribution in [1.29, 1.82) is 0 Å². The van der Waals surface area contributed by atoms with Crippen molar-refractivity contribution in [2.24, 2.45) is 11.8 Å². The number of carbonyl (C=O) groups is 2. The number of amides is 1. The number of ether oxygens (including phenoxy) is 3. The highest BCUT2D eigenvalue weighted by molar-refractivity contribution is 5.71. The highest BCUT2D eigenvalue weighted by Gasteiger charge is 2.23. The molecule has 6 heteroatoms. The maximum absolute atomic E-state index is 11.7. The van der Waals surface area contributed by atoms with Crippen molar-refractivity contribution in [1.82, 2.24) is 5.32 Å². The summed E-state index contributed by atoms with van der Waals surface area (Å²) in [5.74, 6) is 0.637. The Balaban J connectivity index is 2.13. The number of nitrogens with one attached hydrogen (secondary N) is 1. The second kappa shape index (κ2) is 9.41. The van der Waals surface area contributed by atoms with Crippen LogP contribution in [-0.4, -0.2) is 43.0 Å². The molecule has 0 spiro atoms. The van der Waals surface area contributed by atoms with Gasteiger partial charge in [-0.15, -0.1) is 0 Å². The number of hydrogen-bond donors (Lipinski definition) is 1. The van der Waals surface area contributed by atoms with Crippen LogP contribution in [0.3, 0.4) is 0 Å². The third-order valence-corrected chi connectivity index (χ3v) is 3.89. The summed E-state index contributed by atoms with van der Waals surface area (Å²) in [5, 5.41) is 2.85. The monoisotopic (exact) mass is 357 g/mol. The van der Waals surface area contributed by atoms with E-state index in [4.69, 9.17) is 14.2 Å². The first kappa shape index (κ1) is 21.7. The summed E-state index contributed by atoms with van der Waals surface area (Å²) < 4.78 is 16.0. The van der Waals surface area contributed by atoms with Crippen LogP contribution in [0.1, 0.15) is 67.2 Å². The van der Waals surface area contributed by atoms with Crippen LogP contribution in [0.4, 0.5) is 4.79 Å². The molecule has 1 amide bonds. The van der Waals surface area contributed by atoms with E-state index in [9.17, 15) is 9.59 Å². The van der Waals surface area contributed by atoms with Gasteiger partial charge in [-0.3, -0.25) is 0 Å². The van der Waals surface area contributed by atoms with Crippen molar-refractivity contribution in [3.05, 3.63) is 0 Å². The Labute approximate surface area is 152 Å². The Bertz CT molecular complexity index is 428. The van der Waals surface area contributed by atoms with E-state index in [2.05, 4.69) is 5.32 Å². The van der Waals surface area contributed by atoms with Gasteiger partial charge in [0.2, 0.25) is 0 Å². The van der Waals surface area contributed by atoms with Crippen LogP contribution < -0.4 is 5.32 Å². The molecule has 0 radical (unpaired) electrons. The molecule has 0 aromatic carbocycles. The fourth-order valence-electron chi connectivity index (χ4n) is 2.82. The van der Waals surface area contributed by atoms with Gasteiger partial charge in [-0.1, -0.05) is 0 Å². The van der Waals surface area contributed by atoms with Gasteiger partial charge in [0, 0.05) is 6.54 Å². The number of carbonyl (C=O) groups excluding carboxylic acids is 2. The molecule has 6 nitrogen and oxygen atoms in total. The second-order valence-electron chi connectivity index (χ2n) is 8.87. The molecule has 146 valence electrons. The van der Waals surface area contributed by atoms with Gasteiger partial charge in [-0.2, -0.15) is 0 Å². The Morgan fingerprint density at radius 1 is 0.880 bits per heavy atom. The Morgan fingerprint density at radius 3 is 1.92 bits per heavy atom. The summed E-state index contributed by atoms with van der Waals surface area (Å²) in [6, 6.07) is 0. The average Bonchev–Trinajstić information content (AvgIpc) is 2.42. The maximum Gasteiger partial charge on any atom is 0.407 e. The van der Waals surface area contributed by atoms with Gasteiger partial charge in [0.1, 0.15) is 17.8 Å². The van der Waals surface area contributed by atoms with Gasteiger partial charge in [-0.25, -0.2) is 9.59 Å². The van der Waals surface area contributed by atoms with Crippen LogP contribution in [0.2, 0.25) is 0 Å².